The zero-order valence-corrected chi connectivity index (χ0v) is 11.6. The lowest BCUT2D eigenvalue weighted by Crippen LogP contribution is -2.04. The molecular weight excluding hydrogens is 191 g/mol. The van der Waals surface area contributed by atoms with E-state index in [1.54, 1.807) is 0 Å². The topological polar surface area (TPSA) is 0 Å². The summed E-state index contributed by atoms with van der Waals surface area (Å²) in [5, 5.41) is 0. The molecule has 0 aliphatic rings. The van der Waals surface area contributed by atoms with Crippen LogP contribution in [-0.2, 0) is 6.42 Å². The average molecular weight is 215 g/mol. The van der Waals surface area contributed by atoms with Crippen LogP contribution in [0.15, 0.2) is 12.1 Å². The Bertz CT molecular complexity index is 329. The van der Waals surface area contributed by atoms with Crippen LogP contribution >= 0.6 is 0 Å². The van der Waals surface area contributed by atoms with Crippen molar-refractivity contribution < 1.29 is 0 Å². The summed E-state index contributed by atoms with van der Waals surface area (Å²) in [6.45, 7) is 13.5. The molecule has 1 atom stereocenters. The largest absolute Gasteiger partial charge is 0.110 e. The summed E-state index contributed by atoms with van der Waals surface area (Å²) >= 11 is 0. The third-order valence-corrected chi connectivity index (χ3v) is 3.48. The minimum Gasteiger partial charge on any atom is -0.0917 e. The molecule has 0 saturated heterocycles. The van der Waals surface area contributed by atoms with Crippen LogP contribution in [0, 0.1) is 13.8 Å². The van der Waals surface area contributed by atoms with Gasteiger partial charge in [-0.05, 0) is 48.4 Å². The summed E-state index contributed by atoms with van der Waals surface area (Å²) in [6.07, 6.45) is 1.17. The van der Waals surface area contributed by atoms with Crippen molar-refractivity contribution in [3.63, 3.8) is 0 Å². The average Bonchev–Trinajstić information content (AvgIpc) is 2.22. The van der Waals surface area contributed by atoms with Gasteiger partial charge in [-0.15, -0.1) is 0 Å². The van der Waals surface area contributed by atoms with Gasteiger partial charge in [0, 0.05) is 0 Å². The minimum absolute atomic E-state index is 0.626. The molecule has 0 aliphatic heterocycles. The molecule has 0 heterocycles. The van der Waals surface area contributed by atoms with Gasteiger partial charge in [0.15, 0.2) is 0 Å². The maximum atomic E-state index is 2.36. The van der Waals surface area contributed by atoms with E-state index in [1.165, 1.54) is 28.7 Å². The summed E-state index contributed by atoms with van der Waals surface area (Å²) in [6, 6.07) is 4.71. The molecule has 0 nitrogen and oxygen atoms in total. The highest BCUT2D eigenvalue weighted by Crippen LogP contribution is 2.25. The number of benzene rings is 1. The lowest BCUT2D eigenvalue weighted by atomic mass is 9.65. The second-order valence-corrected chi connectivity index (χ2v) is 5.30. The van der Waals surface area contributed by atoms with Crippen LogP contribution in [0.5, 0.6) is 0 Å². The van der Waals surface area contributed by atoms with Crippen LogP contribution < -0.4 is 0 Å². The fourth-order valence-electron chi connectivity index (χ4n) is 2.12. The van der Waals surface area contributed by atoms with Crippen molar-refractivity contribution in [2.45, 2.75) is 59.6 Å². The van der Waals surface area contributed by atoms with E-state index in [1.807, 2.05) is 0 Å². The van der Waals surface area contributed by atoms with Crippen molar-refractivity contribution in [3.05, 3.63) is 34.4 Å². The number of rotatable bonds is 4. The van der Waals surface area contributed by atoms with Gasteiger partial charge >= 0.3 is 0 Å². The van der Waals surface area contributed by atoms with Crippen molar-refractivity contribution in [2.24, 2.45) is 0 Å². The molecule has 0 fully saturated rings. The quantitative estimate of drug-likeness (QED) is 0.647. The zero-order chi connectivity index (χ0) is 12.3. The molecule has 0 aromatic heterocycles. The van der Waals surface area contributed by atoms with Crippen molar-refractivity contribution in [1.82, 2.24) is 0 Å². The SMILES string of the molecule is C[B]C(C)Cc1c(C)cc(C(C)C)cc1C. The minimum atomic E-state index is 0.626. The maximum absolute atomic E-state index is 2.36. The predicted octanol–water partition coefficient (Wildman–Crippen LogP) is 4.53. The third kappa shape index (κ3) is 3.14. The van der Waals surface area contributed by atoms with Gasteiger partial charge in [-0.3, -0.25) is 0 Å². The summed E-state index contributed by atoms with van der Waals surface area (Å²) in [5.41, 5.74) is 5.91. The fourth-order valence-corrected chi connectivity index (χ4v) is 2.12. The van der Waals surface area contributed by atoms with E-state index < -0.39 is 0 Å². The smallest absolute Gasteiger partial charge is 0.0917 e. The molecule has 1 unspecified atom stereocenters. The van der Waals surface area contributed by atoms with Gasteiger partial charge in [-0.25, -0.2) is 0 Å². The van der Waals surface area contributed by atoms with Gasteiger partial charge in [-0.2, -0.15) is 0 Å². The Morgan fingerprint density at radius 3 is 1.94 bits per heavy atom. The van der Waals surface area contributed by atoms with E-state index >= 15 is 0 Å². The Kier molecular flexibility index (Phi) is 4.64. The van der Waals surface area contributed by atoms with Crippen LogP contribution in [0.4, 0.5) is 0 Å². The van der Waals surface area contributed by atoms with Crippen LogP contribution in [-0.4, -0.2) is 7.28 Å². The number of aryl methyl sites for hydroxylation is 2. The highest BCUT2D eigenvalue weighted by molar-refractivity contribution is 6.35. The zero-order valence-electron chi connectivity index (χ0n) is 11.6. The van der Waals surface area contributed by atoms with Gasteiger partial charge in [-0.1, -0.05) is 45.5 Å². The monoisotopic (exact) mass is 215 g/mol. The molecule has 87 valence electrons. The van der Waals surface area contributed by atoms with Crippen molar-refractivity contribution in [1.29, 1.82) is 0 Å². The second-order valence-electron chi connectivity index (χ2n) is 5.30. The number of hydrogen-bond acceptors (Lipinski definition) is 0. The van der Waals surface area contributed by atoms with E-state index in [0.29, 0.717) is 11.7 Å². The van der Waals surface area contributed by atoms with Crippen molar-refractivity contribution in [3.8, 4) is 0 Å². The molecule has 0 amide bonds. The van der Waals surface area contributed by atoms with Crippen LogP contribution in [0.2, 0.25) is 12.6 Å². The van der Waals surface area contributed by atoms with Crippen molar-refractivity contribution >= 4 is 7.28 Å². The second kappa shape index (κ2) is 5.56. The first kappa shape index (κ1) is 13.4. The molecule has 1 rings (SSSR count). The Morgan fingerprint density at radius 1 is 1.06 bits per heavy atom. The van der Waals surface area contributed by atoms with Crippen LogP contribution in [0.25, 0.3) is 0 Å². The summed E-state index contributed by atoms with van der Waals surface area (Å²) in [4.78, 5) is 0. The van der Waals surface area contributed by atoms with E-state index in [-0.39, 0.29) is 0 Å². The third-order valence-electron chi connectivity index (χ3n) is 3.48. The molecule has 1 aromatic rings. The summed E-state index contributed by atoms with van der Waals surface area (Å²) in [7, 11) is 2.29. The first-order chi connectivity index (χ1) is 7.45. The van der Waals surface area contributed by atoms with Gasteiger partial charge in [0.2, 0.25) is 0 Å². The van der Waals surface area contributed by atoms with E-state index in [4.69, 9.17) is 0 Å². The molecule has 1 radical (unpaired) electrons. The molecule has 0 spiro atoms. The van der Waals surface area contributed by atoms with Crippen LogP contribution in [0.1, 0.15) is 48.9 Å². The Labute approximate surface area is 102 Å². The molecule has 16 heavy (non-hydrogen) atoms. The molecular formula is C15H24B. The first-order valence-corrected chi connectivity index (χ1v) is 6.35. The van der Waals surface area contributed by atoms with Crippen molar-refractivity contribution in [2.75, 3.05) is 0 Å². The number of hydrogen-bond donors (Lipinski definition) is 0. The molecule has 0 N–H and O–H groups in total. The Balaban J connectivity index is 3.03. The molecule has 0 aliphatic carbocycles. The van der Waals surface area contributed by atoms with Gasteiger partial charge in [0.25, 0.3) is 0 Å². The normalized spacial score (nSPS) is 12.9. The fraction of sp³-hybridized carbons (Fsp3) is 0.600. The molecule has 1 aromatic carbocycles. The summed E-state index contributed by atoms with van der Waals surface area (Å²) < 4.78 is 0. The standard InChI is InChI=1S/C15H24B/c1-10(2)14-7-11(3)15(12(4)8-14)9-13(5)16-6/h7-8,10,13H,9H2,1-6H3. The summed E-state index contributed by atoms with van der Waals surface area (Å²) in [5.74, 6) is 1.30. The Hall–Kier alpha value is -0.715. The Morgan fingerprint density at radius 2 is 1.56 bits per heavy atom. The molecule has 1 heteroatoms. The van der Waals surface area contributed by atoms with Crippen LogP contribution in [0.3, 0.4) is 0 Å². The van der Waals surface area contributed by atoms with Gasteiger partial charge < -0.3 is 0 Å². The lowest BCUT2D eigenvalue weighted by Gasteiger charge is -2.17. The van der Waals surface area contributed by atoms with E-state index in [2.05, 4.69) is 60.9 Å². The highest BCUT2D eigenvalue weighted by Gasteiger charge is 2.10. The molecule has 0 bridgehead atoms. The highest BCUT2D eigenvalue weighted by atomic mass is 14.1. The van der Waals surface area contributed by atoms with Gasteiger partial charge in [0.1, 0.15) is 7.28 Å². The maximum Gasteiger partial charge on any atom is 0.110 e. The first-order valence-electron chi connectivity index (χ1n) is 6.35. The van der Waals surface area contributed by atoms with E-state index in [9.17, 15) is 0 Å². The lowest BCUT2D eigenvalue weighted by molar-refractivity contribution is 0.848. The predicted molar refractivity (Wildman–Crippen MR) is 74.8 cm³/mol. The van der Waals surface area contributed by atoms with E-state index in [0.717, 1.165) is 0 Å². The molecule has 0 saturated carbocycles. The van der Waals surface area contributed by atoms with Gasteiger partial charge in [0.05, 0.1) is 0 Å².